The molecule has 4 amide bonds. The van der Waals surface area contributed by atoms with Crippen molar-refractivity contribution in [1.29, 1.82) is 0 Å². The largest absolute Gasteiger partial charge is 0.452 e. The highest BCUT2D eigenvalue weighted by Gasteiger charge is 2.44. The molecule has 2 rings (SSSR count). The molecule has 45 heavy (non-hydrogen) atoms. The molecule has 0 radical (unpaired) electrons. The van der Waals surface area contributed by atoms with Gasteiger partial charge in [0.25, 0.3) is 5.78 Å². The fourth-order valence-corrected chi connectivity index (χ4v) is 4.31. The number of alkyl halides is 3. The number of hydrogen-bond acceptors (Lipinski definition) is 6. The third-order valence-corrected chi connectivity index (χ3v) is 6.72. The van der Waals surface area contributed by atoms with Gasteiger partial charge < -0.3 is 26.0 Å². The van der Waals surface area contributed by atoms with E-state index in [9.17, 15) is 37.1 Å². The van der Waals surface area contributed by atoms with Crippen molar-refractivity contribution < 1.29 is 41.9 Å². The predicted molar refractivity (Wildman–Crippen MR) is 161 cm³/mol. The first kappa shape index (κ1) is 36.8. The minimum Gasteiger partial charge on any atom is -0.445 e. The number of alkyl carbamates (subject to hydrolysis) is 1. The van der Waals surface area contributed by atoms with Crippen LogP contribution < -0.4 is 21.3 Å². The number of halogens is 3. The van der Waals surface area contributed by atoms with Crippen LogP contribution in [0.4, 0.5) is 18.0 Å². The molecule has 2 aromatic carbocycles. The smallest absolute Gasteiger partial charge is 0.445 e. The van der Waals surface area contributed by atoms with Crippen molar-refractivity contribution in [3.05, 3.63) is 71.8 Å². The summed E-state index contributed by atoms with van der Waals surface area (Å²) in [4.78, 5) is 63.9. The van der Waals surface area contributed by atoms with E-state index in [1.165, 1.54) is 19.1 Å². The Morgan fingerprint density at radius 2 is 1.22 bits per heavy atom. The van der Waals surface area contributed by atoms with Gasteiger partial charge in [0.2, 0.25) is 17.7 Å². The minimum atomic E-state index is -5.20. The molecule has 0 heterocycles. The number of carbonyl (C=O) groups is 5. The summed E-state index contributed by atoms with van der Waals surface area (Å²) in [6.07, 6.45) is -6.41. The topological polar surface area (TPSA) is 143 Å². The summed E-state index contributed by atoms with van der Waals surface area (Å²) < 4.78 is 45.4. The summed E-state index contributed by atoms with van der Waals surface area (Å²) in [6, 6.07) is 11.3. The molecule has 0 aliphatic carbocycles. The number of hydrogen-bond donors (Lipinski definition) is 4. The van der Waals surface area contributed by atoms with Crippen LogP contribution in [0.3, 0.4) is 0 Å². The Morgan fingerprint density at radius 3 is 1.73 bits per heavy atom. The molecular formula is C32H41F3N4O6. The Kier molecular flexibility index (Phi) is 14.0. The van der Waals surface area contributed by atoms with Crippen molar-refractivity contribution >= 4 is 29.6 Å². The summed E-state index contributed by atoms with van der Waals surface area (Å²) in [5.41, 5.74) is 1.15. The van der Waals surface area contributed by atoms with Crippen molar-refractivity contribution in [2.75, 3.05) is 0 Å². The molecule has 0 bridgehead atoms. The molecule has 246 valence electrons. The maximum Gasteiger partial charge on any atom is 0.452 e. The van der Waals surface area contributed by atoms with E-state index in [4.69, 9.17) is 4.74 Å². The molecule has 0 aliphatic rings. The van der Waals surface area contributed by atoms with Gasteiger partial charge in [-0.05, 0) is 36.3 Å². The van der Waals surface area contributed by atoms with Gasteiger partial charge in [0.1, 0.15) is 30.8 Å². The van der Waals surface area contributed by atoms with Crippen LogP contribution in [0.25, 0.3) is 0 Å². The molecular weight excluding hydrogens is 593 g/mol. The number of carbonyl (C=O) groups excluding carboxylic acids is 5. The summed E-state index contributed by atoms with van der Waals surface area (Å²) in [5.74, 6) is -5.22. The second kappa shape index (κ2) is 17.2. The van der Waals surface area contributed by atoms with E-state index in [0.29, 0.717) is 5.56 Å². The highest BCUT2D eigenvalue weighted by Crippen LogP contribution is 2.20. The molecule has 4 N–H and O–H groups in total. The van der Waals surface area contributed by atoms with E-state index >= 15 is 0 Å². The van der Waals surface area contributed by atoms with Crippen LogP contribution in [0.1, 0.15) is 52.2 Å². The van der Waals surface area contributed by atoms with E-state index in [0.717, 1.165) is 5.56 Å². The monoisotopic (exact) mass is 634 g/mol. The Morgan fingerprint density at radius 1 is 0.689 bits per heavy atom. The Labute approximate surface area is 260 Å². The third-order valence-electron chi connectivity index (χ3n) is 6.72. The van der Waals surface area contributed by atoms with Crippen LogP contribution in [0, 0.1) is 11.8 Å². The van der Waals surface area contributed by atoms with Gasteiger partial charge in [-0.3, -0.25) is 19.2 Å². The third kappa shape index (κ3) is 12.6. The second-order valence-electron chi connectivity index (χ2n) is 11.5. The standard InChI is InChI=1S/C32H41F3N4O6/c1-19(2)16-25(29(42)37-24(27(40)32(33,34)35)17-22-12-8-6-9-13-22)38-30(43)26(20(3)4)39-28(41)21(5)36-31(44)45-18-23-14-10-7-11-15-23/h6-15,19-21,24-26H,16-18H2,1-5H3,(H,36,44)(H,37,42)(H,38,43)(H,39,41)/t21-,24-,25-,26-/m0/s1. The van der Waals surface area contributed by atoms with E-state index < -0.39 is 72.3 Å². The molecule has 0 spiro atoms. The average Bonchev–Trinajstić information content (AvgIpc) is 2.97. The highest BCUT2D eigenvalue weighted by atomic mass is 19.4. The molecule has 2 aromatic rings. The molecule has 0 unspecified atom stereocenters. The first-order valence-electron chi connectivity index (χ1n) is 14.6. The summed E-state index contributed by atoms with van der Waals surface area (Å²) in [5, 5.41) is 9.65. The van der Waals surface area contributed by atoms with E-state index in [1.807, 2.05) is 6.07 Å². The van der Waals surface area contributed by atoms with Gasteiger partial charge >= 0.3 is 12.3 Å². The van der Waals surface area contributed by atoms with E-state index in [2.05, 4.69) is 21.3 Å². The van der Waals surface area contributed by atoms with Crippen LogP contribution >= 0.6 is 0 Å². The number of amides is 4. The Bertz CT molecular complexity index is 1290. The van der Waals surface area contributed by atoms with Crippen molar-refractivity contribution in [2.45, 2.75) is 84.4 Å². The normalized spacial score (nSPS) is 14.1. The molecule has 0 saturated carbocycles. The maximum atomic E-state index is 13.4. The fourth-order valence-electron chi connectivity index (χ4n) is 4.31. The molecule has 4 atom stereocenters. The number of Topliss-reactive ketones (excluding diaryl/α,β-unsaturated/α-hetero) is 1. The predicted octanol–water partition coefficient (Wildman–Crippen LogP) is 3.83. The van der Waals surface area contributed by atoms with Crippen molar-refractivity contribution in [3.8, 4) is 0 Å². The first-order valence-corrected chi connectivity index (χ1v) is 14.6. The minimum absolute atomic E-state index is 0.0158. The number of nitrogens with one attached hydrogen (secondary N) is 4. The molecule has 13 heteroatoms. The average molecular weight is 635 g/mol. The lowest BCUT2D eigenvalue weighted by atomic mass is 9.98. The number of rotatable bonds is 15. The second-order valence-corrected chi connectivity index (χ2v) is 11.5. The Balaban J connectivity index is 2.10. The highest BCUT2D eigenvalue weighted by molar-refractivity contribution is 5.96. The lowest BCUT2D eigenvalue weighted by Gasteiger charge is -2.28. The van der Waals surface area contributed by atoms with Gasteiger partial charge in [0.15, 0.2) is 0 Å². The van der Waals surface area contributed by atoms with Gasteiger partial charge in [0.05, 0.1) is 0 Å². The van der Waals surface area contributed by atoms with E-state index in [-0.39, 0.29) is 18.9 Å². The number of benzene rings is 2. The van der Waals surface area contributed by atoms with Crippen LogP contribution in [0.2, 0.25) is 0 Å². The zero-order chi connectivity index (χ0) is 33.7. The van der Waals surface area contributed by atoms with Crippen molar-refractivity contribution in [3.63, 3.8) is 0 Å². The SMILES string of the molecule is CC(C)C[C@H](NC(=O)[C@@H](NC(=O)[C@H](C)NC(=O)OCc1ccccc1)C(C)C)C(=O)N[C@@H](Cc1ccccc1)C(=O)C(F)(F)F. The quantitative estimate of drug-likeness (QED) is 0.235. The first-order chi connectivity index (χ1) is 21.1. The summed E-state index contributed by atoms with van der Waals surface area (Å²) in [6.45, 7) is 8.17. The van der Waals surface area contributed by atoms with Gasteiger partial charge in [0, 0.05) is 6.42 Å². The van der Waals surface area contributed by atoms with Gasteiger partial charge in [-0.15, -0.1) is 0 Å². The molecule has 0 fully saturated rings. The molecule has 0 aliphatic heterocycles. The van der Waals surface area contributed by atoms with Gasteiger partial charge in [-0.25, -0.2) is 4.79 Å². The number of ketones is 1. The van der Waals surface area contributed by atoms with Crippen LogP contribution in [-0.2, 0) is 36.9 Å². The van der Waals surface area contributed by atoms with E-state index in [1.54, 1.807) is 70.2 Å². The van der Waals surface area contributed by atoms with Gasteiger partial charge in [-0.2, -0.15) is 13.2 Å². The summed E-state index contributed by atoms with van der Waals surface area (Å²) in [7, 11) is 0. The van der Waals surface area contributed by atoms with Crippen LogP contribution in [0.5, 0.6) is 0 Å². The van der Waals surface area contributed by atoms with Crippen LogP contribution in [-0.4, -0.2) is 59.9 Å². The lowest BCUT2D eigenvalue weighted by Crippen LogP contribution is -2.59. The Hall–Kier alpha value is -4.42. The van der Waals surface area contributed by atoms with Crippen molar-refractivity contribution in [1.82, 2.24) is 21.3 Å². The zero-order valence-electron chi connectivity index (χ0n) is 25.9. The van der Waals surface area contributed by atoms with Crippen LogP contribution in [0.15, 0.2) is 60.7 Å². The van der Waals surface area contributed by atoms with Crippen molar-refractivity contribution in [2.24, 2.45) is 11.8 Å². The summed E-state index contributed by atoms with van der Waals surface area (Å²) >= 11 is 0. The maximum absolute atomic E-state index is 13.4. The van der Waals surface area contributed by atoms with Gasteiger partial charge in [-0.1, -0.05) is 88.4 Å². The fraction of sp³-hybridized carbons (Fsp3) is 0.469. The lowest BCUT2D eigenvalue weighted by molar-refractivity contribution is -0.173. The molecule has 10 nitrogen and oxygen atoms in total. The molecule has 0 saturated heterocycles. The molecule has 0 aromatic heterocycles. The number of ether oxygens (including phenoxy) is 1. The zero-order valence-corrected chi connectivity index (χ0v) is 25.9.